The summed E-state index contributed by atoms with van der Waals surface area (Å²) in [7, 11) is 0. The fourth-order valence-electron chi connectivity index (χ4n) is 0. The maximum absolute atomic E-state index is 2.19. The van der Waals surface area contributed by atoms with Crippen molar-refractivity contribution in [2.45, 2.75) is 24.9 Å². The van der Waals surface area contributed by atoms with Crippen LogP contribution in [-0.4, -0.2) is 17.7 Å². The molecule has 0 N–H and O–H groups in total. The molecule has 0 radical (unpaired) electrons. The first-order chi connectivity index (χ1) is 2.00. The monoisotopic (exact) mass is 104 g/mol. The van der Waals surface area contributed by atoms with Gasteiger partial charge >= 0.3 is 42.6 Å². The molecule has 0 atom stereocenters. The minimum absolute atomic E-state index is 0. The Labute approximate surface area is 79.3 Å². The summed E-state index contributed by atoms with van der Waals surface area (Å²) in [5, 5.41) is 0. The van der Waals surface area contributed by atoms with E-state index in [1.807, 2.05) is 0 Å². The van der Waals surface area contributed by atoms with Gasteiger partial charge in [-0.25, -0.2) is 0 Å². The van der Waals surface area contributed by atoms with Gasteiger partial charge in [0.05, 0.1) is 0 Å². The van der Waals surface area contributed by atoms with E-state index in [0.29, 0.717) is 4.09 Å². The predicted octanol–water partition coefficient (Wildman–Crippen LogP) is 1.37. The van der Waals surface area contributed by atoms with Crippen LogP contribution in [0.2, 0.25) is 4.09 Å². The number of hydrogen-bond acceptors (Lipinski definition) is 0. The molecule has 0 saturated carbocycles. The summed E-state index contributed by atoms with van der Waals surface area (Å²) in [6.07, 6.45) is 0. The molecule has 0 nitrogen and oxygen atoms in total. The third-order valence-electron chi connectivity index (χ3n) is 0. The van der Waals surface area contributed by atoms with Gasteiger partial charge in [-0.2, -0.15) is 0 Å². The van der Waals surface area contributed by atoms with E-state index in [2.05, 4.69) is 38.5 Å². The van der Waals surface area contributed by atoms with Crippen LogP contribution in [0.3, 0.4) is 0 Å². The summed E-state index contributed by atoms with van der Waals surface area (Å²) >= 11 is 2.19. The molecule has 0 aromatic carbocycles. The van der Waals surface area contributed by atoms with Crippen molar-refractivity contribution in [1.82, 2.24) is 0 Å². The van der Waals surface area contributed by atoms with Gasteiger partial charge in [-0.3, -0.25) is 0 Å². The second-order valence-corrected chi connectivity index (χ2v) is 3.00. The third kappa shape index (κ3) is 40.1. The molecule has 0 unspecified atom stereocenters. The Kier molecular flexibility index (Phi) is 6.84. The van der Waals surface area contributed by atoms with Crippen LogP contribution in [0.25, 0.3) is 0 Å². The molecule has 0 spiro atoms. The molecule has 0 amide bonds. The van der Waals surface area contributed by atoms with Crippen LogP contribution >= 0.6 is 0 Å². The van der Waals surface area contributed by atoms with Gasteiger partial charge in [-0.15, -0.1) is 0 Å². The zero-order chi connectivity index (χ0) is 4.50. The van der Waals surface area contributed by atoms with Crippen LogP contribution in [0.15, 0.2) is 0 Å². The summed E-state index contributed by atoms with van der Waals surface area (Å²) in [5.41, 5.74) is 0. The van der Waals surface area contributed by atoms with Gasteiger partial charge < -0.3 is 0 Å². The van der Waals surface area contributed by atoms with Gasteiger partial charge in [0.2, 0.25) is 0 Å². The normalized spacial score (nSPS) is 10.2. The van der Waals surface area contributed by atoms with E-state index >= 15 is 0 Å². The van der Waals surface area contributed by atoms with Crippen molar-refractivity contribution in [3.05, 3.63) is 0 Å². The van der Waals surface area contributed by atoms with Crippen molar-refractivity contribution in [2.75, 3.05) is 0 Å². The van der Waals surface area contributed by atoms with E-state index < -0.39 is 0 Å². The molecule has 0 aliphatic carbocycles. The molecule has 0 aliphatic rings. The average molecular weight is 104 g/mol. The number of hydrogen-bond donors (Lipinski definition) is 0. The molecule has 0 fully saturated rings. The Hall–Kier alpha value is 1.86. The van der Waals surface area contributed by atoms with Crippen LogP contribution in [0.4, 0.5) is 0 Å². The molecule has 0 aromatic rings. The van der Waals surface area contributed by atoms with Crippen LogP contribution < -0.4 is 0 Å². The van der Waals surface area contributed by atoms with Gasteiger partial charge in [-0.05, 0) is 0 Å². The minimum atomic E-state index is 0. The standard InChI is InChI=1S/C4H9.Ar.Li/c1-4(2)3;;/h1-3H3;;. The second kappa shape index (κ2) is 3.81. The van der Waals surface area contributed by atoms with Crippen LogP contribution in [0.1, 0.15) is 20.8 Å². The Balaban J connectivity index is 0. The van der Waals surface area contributed by atoms with E-state index in [1.165, 1.54) is 0 Å². The number of rotatable bonds is 0. The molecular formula is C4H9ArLi. The van der Waals surface area contributed by atoms with E-state index in [1.54, 1.807) is 0 Å². The topological polar surface area (TPSA) is 0 Å². The van der Waals surface area contributed by atoms with Gasteiger partial charge in [-0.1, -0.05) is 0 Å². The van der Waals surface area contributed by atoms with Crippen molar-refractivity contribution >= 4 is 17.7 Å². The van der Waals surface area contributed by atoms with Crippen molar-refractivity contribution < 1.29 is 37.7 Å². The van der Waals surface area contributed by atoms with E-state index in [4.69, 9.17) is 0 Å². The Bertz CT molecular complexity index is 23.0. The molecule has 0 aromatic heterocycles. The Morgan fingerprint density at radius 3 is 1.17 bits per heavy atom. The van der Waals surface area contributed by atoms with Gasteiger partial charge in [0.15, 0.2) is 0 Å². The second-order valence-electron chi connectivity index (χ2n) is 3.00. The van der Waals surface area contributed by atoms with Crippen molar-refractivity contribution in [3.63, 3.8) is 0 Å². The molecule has 34 valence electrons. The summed E-state index contributed by atoms with van der Waals surface area (Å²) in [5.74, 6) is 0. The summed E-state index contributed by atoms with van der Waals surface area (Å²) in [4.78, 5) is 0. The Morgan fingerprint density at radius 2 is 1.17 bits per heavy atom. The van der Waals surface area contributed by atoms with Gasteiger partial charge in [0.25, 0.3) is 0 Å². The van der Waals surface area contributed by atoms with Crippen molar-refractivity contribution in [2.24, 2.45) is 0 Å². The molecule has 0 bridgehead atoms. The zero-order valence-electron chi connectivity index (χ0n) is 4.85. The first kappa shape index (κ1) is 10.8. The quantitative estimate of drug-likeness (QED) is 0.407. The van der Waals surface area contributed by atoms with Crippen molar-refractivity contribution in [1.29, 1.82) is 0 Å². The fourth-order valence-corrected chi connectivity index (χ4v) is 0. The summed E-state index contributed by atoms with van der Waals surface area (Å²) in [6.45, 7) is 6.56. The molecular weight excluding hydrogens is 94.9 g/mol. The van der Waals surface area contributed by atoms with E-state index in [-0.39, 0.29) is 37.7 Å². The maximum atomic E-state index is 2.19. The average Bonchev–Trinajstić information content (AvgIpc) is 0.722. The Morgan fingerprint density at radius 1 is 1.17 bits per heavy atom. The third-order valence-corrected chi connectivity index (χ3v) is 0. The van der Waals surface area contributed by atoms with Crippen LogP contribution in [-0.2, 0) is 0 Å². The van der Waals surface area contributed by atoms with Crippen molar-refractivity contribution in [3.8, 4) is 0 Å². The molecule has 0 rings (SSSR count). The van der Waals surface area contributed by atoms with E-state index in [0.717, 1.165) is 0 Å². The van der Waals surface area contributed by atoms with E-state index in [9.17, 15) is 0 Å². The van der Waals surface area contributed by atoms with Gasteiger partial charge in [0.1, 0.15) is 0 Å². The van der Waals surface area contributed by atoms with Crippen LogP contribution in [0, 0.1) is 37.7 Å². The zero-order valence-corrected chi connectivity index (χ0v) is 5.56. The molecule has 0 saturated heterocycles. The fraction of sp³-hybridized carbons (Fsp3) is 1.00. The van der Waals surface area contributed by atoms with Crippen LogP contribution in [0.5, 0.6) is 0 Å². The first-order valence-electron chi connectivity index (χ1n) is 2.00. The molecule has 0 heterocycles. The van der Waals surface area contributed by atoms with Gasteiger partial charge in [0, 0.05) is 37.7 Å². The summed E-state index contributed by atoms with van der Waals surface area (Å²) in [6, 6.07) is 0. The summed E-state index contributed by atoms with van der Waals surface area (Å²) < 4.78 is 0.500. The predicted molar refractivity (Wildman–Crippen MR) is 25.5 cm³/mol. The molecule has 0 aliphatic heterocycles. The first-order valence-corrected chi connectivity index (χ1v) is 2.00. The SMILES string of the molecule is [Ar].[Li][C](C)(C)C. The molecule has 2 heteroatoms. The molecule has 6 heavy (non-hydrogen) atoms.